The zero-order valence-electron chi connectivity index (χ0n) is 11.1. The van der Waals surface area contributed by atoms with E-state index >= 15 is 0 Å². The van der Waals surface area contributed by atoms with Gasteiger partial charge < -0.3 is 5.11 Å². The summed E-state index contributed by atoms with van der Waals surface area (Å²) in [6, 6.07) is 9.09. The fraction of sp³-hybridized carbons (Fsp3) is 0.188. The van der Waals surface area contributed by atoms with Crippen LogP contribution >= 0.6 is 11.6 Å². The molecule has 0 atom stereocenters. The monoisotopic (exact) mass is 274 g/mol. The van der Waals surface area contributed by atoms with E-state index in [1.165, 1.54) is 17.2 Å². The molecule has 0 unspecified atom stereocenters. The molecule has 0 aliphatic carbocycles. The van der Waals surface area contributed by atoms with Crippen LogP contribution in [0.25, 0.3) is 11.1 Å². The van der Waals surface area contributed by atoms with Crippen molar-refractivity contribution >= 4 is 17.6 Å². The Labute approximate surface area is 117 Å². The van der Waals surface area contributed by atoms with Crippen molar-refractivity contribution in [3.05, 3.63) is 57.6 Å². The summed E-state index contributed by atoms with van der Waals surface area (Å²) in [4.78, 5) is 11.1. The van der Waals surface area contributed by atoms with Crippen LogP contribution in [0, 0.1) is 20.8 Å². The van der Waals surface area contributed by atoms with Gasteiger partial charge in [-0.2, -0.15) is 0 Å². The van der Waals surface area contributed by atoms with Crippen LogP contribution in [0.2, 0.25) is 5.02 Å². The Balaban J connectivity index is 2.65. The minimum Gasteiger partial charge on any atom is -0.478 e. The van der Waals surface area contributed by atoms with Crippen molar-refractivity contribution in [2.24, 2.45) is 0 Å². The smallest absolute Gasteiger partial charge is 0.335 e. The van der Waals surface area contributed by atoms with E-state index in [0.29, 0.717) is 5.02 Å². The van der Waals surface area contributed by atoms with Gasteiger partial charge in [-0.05, 0) is 66.8 Å². The molecule has 0 amide bonds. The molecule has 0 spiro atoms. The van der Waals surface area contributed by atoms with Gasteiger partial charge in [-0.1, -0.05) is 23.7 Å². The Kier molecular flexibility index (Phi) is 3.63. The van der Waals surface area contributed by atoms with Gasteiger partial charge in [-0.25, -0.2) is 4.79 Å². The van der Waals surface area contributed by atoms with E-state index in [4.69, 9.17) is 16.7 Å². The van der Waals surface area contributed by atoms with E-state index in [0.717, 1.165) is 16.7 Å². The molecule has 2 rings (SSSR count). The van der Waals surface area contributed by atoms with E-state index < -0.39 is 5.97 Å². The number of hydrogen-bond acceptors (Lipinski definition) is 1. The molecule has 0 fully saturated rings. The second-order valence-electron chi connectivity index (χ2n) is 4.79. The Bertz CT molecular complexity index is 660. The average Bonchev–Trinajstić information content (AvgIpc) is 2.33. The molecule has 19 heavy (non-hydrogen) atoms. The quantitative estimate of drug-likeness (QED) is 0.867. The van der Waals surface area contributed by atoms with Gasteiger partial charge in [0.25, 0.3) is 0 Å². The van der Waals surface area contributed by atoms with E-state index in [2.05, 4.69) is 19.1 Å². The van der Waals surface area contributed by atoms with Crippen molar-refractivity contribution in [2.75, 3.05) is 0 Å². The average molecular weight is 275 g/mol. The van der Waals surface area contributed by atoms with Gasteiger partial charge in [0.15, 0.2) is 0 Å². The third kappa shape index (κ3) is 2.79. The molecule has 0 saturated heterocycles. The number of carbonyl (C=O) groups is 1. The summed E-state index contributed by atoms with van der Waals surface area (Å²) in [5.74, 6) is -0.967. The molecular weight excluding hydrogens is 260 g/mol. The number of rotatable bonds is 2. The molecule has 0 aromatic heterocycles. The Morgan fingerprint density at radius 3 is 2.21 bits per heavy atom. The molecule has 2 aromatic carbocycles. The third-order valence-corrected chi connectivity index (χ3v) is 3.51. The first kappa shape index (κ1) is 13.6. The van der Waals surface area contributed by atoms with Crippen molar-refractivity contribution in [2.45, 2.75) is 20.8 Å². The van der Waals surface area contributed by atoms with Gasteiger partial charge in [0.2, 0.25) is 0 Å². The van der Waals surface area contributed by atoms with Crippen molar-refractivity contribution in [3.8, 4) is 11.1 Å². The zero-order valence-corrected chi connectivity index (χ0v) is 11.9. The van der Waals surface area contributed by atoms with Gasteiger partial charge in [0.05, 0.1) is 5.56 Å². The van der Waals surface area contributed by atoms with Crippen LogP contribution in [0.1, 0.15) is 27.0 Å². The molecule has 0 heterocycles. The summed E-state index contributed by atoms with van der Waals surface area (Å²) in [6.45, 7) is 6.12. The highest BCUT2D eigenvalue weighted by molar-refractivity contribution is 6.31. The first-order chi connectivity index (χ1) is 8.88. The molecule has 2 nitrogen and oxygen atoms in total. The second-order valence-corrected chi connectivity index (χ2v) is 5.22. The summed E-state index contributed by atoms with van der Waals surface area (Å²) in [5, 5.41) is 9.53. The summed E-state index contributed by atoms with van der Waals surface area (Å²) < 4.78 is 0. The van der Waals surface area contributed by atoms with Crippen LogP contribution in [-0.2, 0) is 0 Å². The van der Waals surface area contributed by atoms with Gasteiger partial charge in [-0.15, -0.1) is 0 Å². The highest BCUT2D eigenvalue weighted by Gasteiger charge is 2.10. The Hall–Kier alpha value is -1.80. The normalized spacial score (nSPS) is 10.5. The topological polar surface area (TPSA) is 37.3 Å². The Morgan fingerprint density at radius 1 is 0.947 bits per heavy atom. The number of aromatic carboxylic acids is 1. The molecule has 98 valence electrons. The summed E-state index contributed by atoms with van der Waals surface area (Å²) in [7, 11) is 0. The van der Waals surface area contributed by atoms with Crippen molar-refractivity contribution in [3.63, 3.8) is 0 Å². The van der Waals surface area contributed by atoms with Crippen LogP contribution < -0.4 is 0 Å². The number of carboxylic acids is 1. The lowest BCUT2D eigenvalue weighted by atomic mass is 9.94. The van der Waals surface area contributed by atoms with Crippen LogP contribution in [0.3, 0.4) is 0 Å². The minimum atomic E-state index is -0.967. The molecule has 3 heteroatoms. The standard InChI is InChI=1S/C16H15ClO2/c1-9-4-11(3)15(5-10(9)2)12-6-13(16(18)19)8-14(17)7-12/h4-8H,1-3H3,(H,18,19). The number of halogens is 1. The predicted octanol–water partition coefficient (Wildman–Crippen LogP) is 4.63. The third-order valence-electron chi connectivity index (χ3n) is 3.30. The summed E-state index contributed by atoms with van der Waals surface area (Å²) in [6.07, 6.45) is 0. The first-order valence-electron chi connectivity index (χ1n) is 6.00. The fourth-order valence-corrected chi connectivity index (χ4v) is 2.38. The molecular formula is C16H15ClO2. The maximum absolute atomic E-state index is 11.1. The van der Waals surface area contributed by atoms with Crippen molar-refractivity contribution < 1.29 is 9.90 Å². The fourth-order valence-electron chi connectivity index (χ4n) is 2.14. The molecule has 0 aliphatic rings. The number of hydrogen-bond donors (Lipinski definition) is 1. The predicted molar refractivity (Wildman–Crippen MR) is 78.1 cm³/mol. The maximum Gasteiger partial charge on any atom is 0.335 e. The lowest BCUT2D eigenvalue weighted by molar-refractivity contribution is 0.0697. The van der Waals surface area contributed by atoms with Crippen LogP contribution in [0.5, 0.6) is 0 Å². The van der Waals surface area contributed by atoms with Crippen LogP contribution in [0.15, 0.2) is 30.3 Å². The molecule has 0 bridgehead atoms. The van der Waals surface area contributed by atoms with E-state index in [1.807, 2.05) is 13.8 Å². The molecule has 0 radical (unpaired) electrons. The first-order valence-corrected chi connectivity index (χ1v) is 6.38. The van der Waals surface area contributed by atoms with Crippen LogP contribution in [-0.4, -0.2) is 11.1 Å². The van der Waals surface area contributed by atoms with E-state index in [-0.39, 0.29) is 5.56 Å². The zero-order chi connectivity index (χ0) is 14.2. The van der Waals surface area contributed by atoms with Gasteiger partial charge in [0, 0.05) is 5.02 Å². The molecule has 0 saturated carbocycles. The van der Waals surface area contributed by atoms with Crippen molar-refractivity contribution in [1.82, 2.24) is 0 Å². The number of benzene rings is 2. The van der Waals surface area contributed by atoms with E-state index in [1.54, 1.807) is 12.1 Å². The maximum atomic E-state index is 11.1. The lowest BCUT2D eigenvalue weighted by Crippen LogP contribution is -1.97. The molecule has 0 aliphatic heterocycles. The van der Waals surface area contributed by atoms with Crippen LogP contribution in [0.4, 0.5) is 0 Å². The molecule has 2 aromatic rings. The molecule has 1 N–H and O–H groups in total. The largest absolute Gasteiger partial charge is 0.478 e. The Morgan fingerprint density at radius 2 is 1.58 bits per heavy atom. The number of carboxylic acid groups (broad SMARTS) is 1. The SMILES string of the molecule is Cc1cc(C)c(-c2cc(Cl)cc(C(=O)O)c2)cc1C. The highest BCUT2D eigenvalue weighted by Crippen LogP contribution is 2.29. The second kappa shape index (κ2) is 5.06. The van der Waals surface area contributed by atoms with Gasteiger partial charge >= 0.3 is 5.97 Å². The highest BCUT2D eigenvalue weighted by atomic mass is 35.5. The van der Waals surface area contributed by atoms with Crippen molar-refractivity contribution in [1.29, 1.82) is 0 Å². The lowest BCUT2D eigenvalue weighted by Gasteiger charge is -2.11. The van der Waals surface area contributed by atoms with E-state index in [9.17, 15) is 4.79 Å². The number of aryl methyl sites for hydroxylation is 3. The minimum absolute atomic E-state index is 0.208. The summed E-state index contributed by atoms with van der Waals surface area (Å²) >= 11 is 6.00. The summed E-state index contributed by atoms with van der Waals surface area (Å²) in [5.41, 5.74) is 5.58. The van der Waals surface area contributed by atoms with Gasteiger partial charge in [0.1, 0.15) is 0 Å². The van der Waals surface area contributed by atoms with Gasteiger partial charge in [-0.3, -0.25) is 0 Å².